The van der Waals surface area contributed by atoms with E-state index in [4.69, 9.17) is 0 Å². The molecule has 2 heterocycles. The number of benzene rings is 10. The van der Waals surface area contributed by atoms with Gasteiger partial charge < -0.3 is 9.13 Å². The molecule has 12 rings (SSSR count). The summed E-state index contributed by atoms with van der Waals surface area (Å²) < 4.78 is 4.89. The highest BCUT2D eigenvalue weighted by molar-refractivity contribution is 6.20. The summed E-state index contributed by atoms with van der Waals surface area (Å²) in [6, 6.07) is 88.5. The number of hydrogen-bond donors (Lipinski definition) is 0. The smallest absolute Gasteiger partial charge is 0.0553 e. The van der Waals surface area contributed by atoms with E-state index in [9.17, 15) is 0 Å². The van der Waals surface area contributed by atoms with Crippen LogP contribution in [0.3, 0.4) is 0 Å². The van der Waals surface area contributed by atoms with Crippen LogP contribution in [0.25, 0.3) is 111 Å². The van der Waals surface area contributed by atoms with Crippen molar-refractivity contribution in [2.75, 3.05) is 0 Å². The third-order valence-electron chi connectivity index (χ3n) is 12.5. The molecule has 0 radical (unpaired) electrons. The number of hydrogen-bond acceptors (Lipinski definition) is 0. The first-order valence-electron chi connectivity index (χ1n) is 21.3. The minimum atomic E-state index is 1.14. The molecule has 2 nitrogen and oxygen atoms in total. The van der Waals surface area contributed by atoms with Crippen molar-refractivity contribution in [3.8, 4) is 67.0 Å². The van der Waals surface area contributed by atoms with Crippen LogP contribution in [0.5, 0.6) is 0 Å². The SMILES string of the molecule is c1ccc(-c2cc(-c3ccccc3)c3c4cc(-c5ccc6c(c5)c5c(-c7ccccc7)cc(-c7ccccc7)cc5n6-c5ccccc5)ccc4n(-c4ccccc4)c3c2)cc1. The molecular formula is C60H40N2. The topological polar surface area (TPSA) is 9.86 Å². The summed E-state index contributed by atoms with van der Waals surface area (Å²) in [6.45, 7) is 0. The summed E-state index contributed by atoms with van der Waals surface area (Å²) in [6.07, 6.45) is 0. The van der Waals surface area contributed by atoms with Crippen molar-refractivity contribution in [3.05, 3.63) is 243 Å². The van der Waals surface area contributed by atoms with E-state index in [0.29, 0.717) is 0 Å². The lowest BCUT2D eigenvalue weighted by molar-refractivity contribution is 1.18. The van der Waals surface area contributed by atoms with E-state index < -0.39 is 0 Å². The van der Waals surface area contributed by atoms with E-state index in [0.717, 1.165) is 11.4 Å². The minimum Gasteiger partial charge on any atom is -0.309 e. The molecule has 62 heavy (non-hydrogen) atoms. The van der Waals surface area contributed by atoms with Crippen molar-refractivity contribution >= 4 is 43.6 Å². The zero-order chi connectivity index (χ0) is 41.0. The van der Waals surface area contributed by atoms with E-state index in [1.807, 2.05) is 0 Å². The standard InChI is InChI=1S/C60H40N2/c1-7-19-41(20-8-1)47-37-51(43-23-11-3-12-24-43)59-53-35-45(31-33-55(53)61(57(59)39-47)49-27-15-5-16-28-49)46-32-34-56-54(36-46)60-52(44-25-13-4-14-26-44)38-48(42-21-9-2-10-22-42)40-58(60)62(56)50-29-17-6-18-30-50/h1-40H. The zero-order valence-electron chi connectivity index (χ0n) is 34.0. The van der Waals surface area contributed by atoms with Gasteiger partial charge in [-0.3, -0.25) is 0 Å². The average Bonchev–Trinajstić information content (AvgIpc) is 3.87. The molecule has 0 aliphatic carbocycles. The van der Waals surface area contributed by atoms with Gasteiger partial charge in [0.1, 0.15) is 0 Å². The van der Waals surface area contributed by atoms with Crippen LogP contribution < -0.4 is 0 Å². The highest BCUT2D eigenvalue weighted by atomic mass is 15.0. The molecule has 10 aromatic carbocycles. The van der Waals surface area contributed by atoms with Crippen LogP contribution in [-0.4, -0.2) is 9.13 Å². The Bertz CT molecular complexity index is 3330. The van der Waals surface area contributed by atoms with Crippen molar-refractivity contribution < 1.29 is 0 Å². The predicted molar refractivity (Wildman–Crippen MR) is 262 cm³/mol. The molecule has 0 saturated heterocycles. The summed E-state index contributed by atoms with van der Waals surface area (Å²) >= 11 is 0. The van der Waals surface area contributed by atoms with Gasteiger partial charge in [-0.1, -0.05) is 170 Å². The van der Waals surface area contributed by atoms with Gasteiger partial charge in [0.25, 0.3) is 0 Å². The molecule has 0 N–H and O–H groups in total. The first-order valence-corrected chi connectivity index (χ1v) is 21.3. The second-order valence-corrected chi connectivity index (χ2v) is 16.1. The van der Waals surface area contributed by atoms with Crippen molar-refractivity contribution in [2.45, 2.75) is 0 Å². The van der Waals surface area contributed by atoms with Crippen LogP contribution in [-0.2, 0) is 0 Å². The molecule has 12 aromatic rings. The molecule has 0 aliphatic heterocycles. The normalized spacial score (nSPS) is 11.5. The Morgan fingerprint density at radius 2 is 0.532 bits per heavy atom. The maximum absolute atomic E-state index is 2.44. The number of fused-ring (bicyclic) bond motifs is 6. The van der Waals surface area contributed by atoms with Crippen LogP contribution in [0, 0.1) is 0 Å². The lowest BCUT2D eigenvalue weighted by Gasteiger charge is -2.12. The Morgan fingerprint density at radius 1 is 0.210 bits per heavy atom. The van der Waals surface area contributed by atoms with Gasteiger partial charge in [-0.15, -0.1) is 0 Å². The van der Waals surface area contributed by atoms with Crippen LogP contribution in [0.15, 0.2) is 243 Å². The monoisotopic (exact) mass is 788 g/mol. The lowest BCUT2D eigenvalue weighted by Crippen LogP contribution is -1.94. The van der Waals surface area contributed by atoms with E-state index in [1.54, 1.807) is 0 Å². The van der Waals surface area contributed by atoms with Crippen molar-refractivity contribution in [1.29, 1.82) is 0 Å². The highest BCUT2D eigenvalue weighted by Gasteiger charge is 2.22. The third kappa shape index (κ3) is 5.96. The zero-order valence-corrected chi connectivity index (χ0v) is 34.0. The Morgan fingerprint density at radius 3 is 0.887 bits per heavy atom. The number of rotatable bonds is 7. The molecule has 0 spiro atoms. The fourth-order valence-corrected chi connectivity index (χ4v) is 9.65. The molecule has 0 fully saturated rings. The van der Waals surface area contributed by atoms with E-state index in [2.05, 4.69) is 252 Å². The van der Waals surface area contributed by atoms with Crippen molar-refractivity contribution in [2.24, 2.45) is 0 Å². The Hall–Kier alpha value is -8.20. The van der Waals surface area contributed by atoms with E-state index in [1.165, 1.54) is 99.2 Å². The van der Waals surface area contributed by atoms with Gasteiger partial charge in [0.05, 0.1) is 22.1 Å². The maximum Gasteiger partial charge on any atom is 0.0553 e. The quantitative estimate of drug-likeness (QED) is 0.152. The summed E-state index contributed by atoms with van der Waals surface area (Å²) in [7, 11) is 0. The molecule has 0 saturated carbocycles. The Balaban J connectivity index is 1.15. The molecular weight excluding hydrogens is 749 g/mol. The minimum absolute atomic E-state index is 1.14. The molecule has 0 atom stereocenters. The van der Waals surface area contributed by atoms with E-state index >= 15 is 0 Å². The molecule has 0 bridgehead atoms. The Kier molecular flexibility index (Phi) is 8.53. The van der Waals surface area contributed by atoms with Gasteiger partial charge >= 0.3 is 0 Å². The van der Waals surface area contributed by atoms with E-state index in [-0.39, 0.29) is 0 Å². The first kappa shape index (κ1) is 35.7. The average molecular weight is 789 g/mol. The first-order chi connectivity index (χ1) is 30.8. The van der Waals surface area contributed by atoms with Crippen molar-refractivity contribution in [1.82, 2.24) is 9.13 Å². The molecule has 2 heteroatoms. The number of para-hydroxylation sites is 2. The summed E-state index contributed by atoms with van der Waals surface area (Å²) in [5, 5.41) is 4.95. The summed E-state index contributed by atoms with van der Waals surface area (Å²) in [5.74, 6) is 0. The van der Waals surface area contributed by atoms with Gasteiger partial charge in [0.2, 0.25) is 0 Å². The largest absolute Gasteiger partial charge is 0.309 e. The molecule has 0 amide bonds. The fourth-order valence-electron chi connectivity index (χ4n) is 9.65. The molecule has 2 aromatic heterocycles. The maximum atomic E-state index is 2.44. The van der Waals surface area contributed by atoms with Crippen molar-refractivity contribution in [3.63, 3.8) is 0 Å². The van der Waals surface area contributed by atoms with Gasteiger partial charge in [-0.05, 0) is 128 Å². The van der Waals surface area contributed by atoms with Gasteiger partial charge in [0, 0.05) is 32.9 Å². The van der Waals surface area contributed by atoms with Crippen LogP contribution >= 0.6 is 0 Å². The molecule has 290 valence electrons. The van der Waals surface area contributed by atoms with Crippen LogP contribution in [0.1, 0.15) is 0 Å². The second-order valence-electron chi connectivity index (χ2n) is 16.1. The summed E-state index contributed by atoms with van der Waals surface area (Å²) in [4.78, 5) is 0. The number of aromatic nitrogens is 2. The third-order valence-corrected chi connectivity index (χ3v) is 12.5. The highest BCUT2D eigenvalue weighted by Crippen LogP contribution is 2.45. The number of nitrogens with zero attached hydrogens (tertiary/aromatic N) is 2. The van der Waals surface area contributed by atoms with Gasteiger partial charge in [-0.25, -0.2) is 0 Å². The predicted octanol–water partition coefficient (Wildman–Crippen LogP) is 16.2. The Labute approximate surface area is 360 Å². The van der Waals surface area contributed by atoms with Gasteiger partial charge in [0.15, 0.2) is 0 Å². The molecule has 0 unspecified atom stereocenters. The van der Waals surface area contributed by atoms with Crippen LogP contribution in [0.2, 0.25) is 0 Å². The molecule has 0 aliphatic rings. The lowest BCUT2D eigenvalue weighted by atomic mass is 9.92. The van der Waals surface area contributed by atoms with Gasteiger partial charge in [-0.2, -0.15) is 0 Å². The summed E-state index contributed by atoms with van der Waals surface area (Å²) in [5.41, 5.74) is 19.0. The second kappa shape index (κ2) is 14.8. The fraction of sp³-hybridized carbons (Fsp3) is 0. The van der Waals surface area contributed by atoms with Crippen LogP contribution in [0.4, 0.5) is 0 Å².